The summed E-state index contributed by atoms with van der Waals surface area (Å²) >= 11 is 0. The molecule has 2 aromatic rings. The van der Waals surface area contributed by atoms with Gasteiger partial charge in [-0.15, -0.1) is 0 Å². The fourth-order valence-corrected chi connectivity index (χ4v) is 2.54. The number of nitrogens with one attached hydrogen (secondary N) is 1. The average molecular weight is 245 g/mol. The molecule has 96 valence electrons. The third-order valence-corrected chi connectivity index (χ3v) is 3.44. The second-order valence-electron chi connectivity index (χ2n) is 5.05. The normalized spacial score (nSPS) is 20.0. The van der Waals surface area contributed by atoms with Crippen molar-refractivity contribution in [3.8, 4) is 0 Å². The topological polar surface area (TPSA) is 41.2 Å². The molecule has 1 fully saturated rings. The van der Waals surface area contributed by atoms with Crippen molar-refractivity contribution in [3.05, 3.63) is 30.1 Å². The van der Waals surface area contributed by atoms with Gasteiger partial charge in [0.25, 0.3) is 0 Å². The highest BCUT2D eigenvalue weighted by molar-refractivity contribution is 5.75. The fraction of sp³-hybridized carbons (Fsp3) is 0.500. The highest BCUT2D eigenvalue weighted by Crippen LogP contribution is 2.15. The van der Waals surface area contributed by atoms with Crippen LogP contribution >= 0.6 is 0 Å². The molecule has 1 N–H and O–H groups in total. The van der Waals surface area contributed by atoms with Gasteiger partial charge in [0, 0.05) is 31.3 Å². The van der Waals surface area contributed by atoms with Crippen LogP contribution in [0.25, 0.3) is 11.0 Å². The van der Waals surface area contributed by atoms with Gasteiger partial charge in [-0.25, -0.2) is 4.98 Å². The molecule has 18 heavy (non-hydrogen) atoms. The maximum atomic E-state index is 5.65. The van der Waals surface area contributed by atoms with Crippen molar-refractivity contribution in [2.75, 3.05) is 20.2 Å². The summed E-state index contributed by atoms with van der Waals surface area (Å²) in [6.07, 6.45) is 4.72. The third-order valence-electron chi connectivity index (χ3n) is 3.44. The van der Waals surface area contributed by atoms with Gasteiger partial charge in [0.05, 0.1) is 11.8 Å². The molecule has 0 saturated carbocycles. The molecule has 0 aromatic carbocycles. The minimum Gasteiger partial charge on any atom is -0.377 e. The number of rotatable bonds is 4. The summed E-state index contributed by atoms with van der Waals surface area (Å²) in [7, 11) is 2.13. The van der Waals surface area contributed by atoms with E-state index in [2.05, 4.69) is 34.0 Å². The Hall–Kier alpha value is -1.39. The summed E-state index contributed by atoms with van der Waals surface area (Å²) in [5, 5.41) is 1.17. The Morgan fingerprint density at radius 3 is 3.22 bits per heavy atom. The summed E-state index contributed by atoms with van der Waals surface area (Å²) in [6, 6.07) is 6.26. The van der Waals surface area contributed by atoms with E-state index in [1.165, 1.54) is 18.2 Å². The predicted molar refractivity (Wildman–Crippen MR) is 71.4 cm³/mol. The molecule has 0 aliphatic carbocycles. The van der Waals surface area contributed by atoms with Crippen molar-refractivity contribution < 1.29 is 4.74 Å². The number of aromatic nitrogens is 2. The zero-order chi connectivity index (χ0) is 12.4. The first-order valence-corrected chi connectivity index (χ1v) is 6.54. The van der Waals surface area contributed by atoms with Gasteiger partial charge in [-0.2, -0.15) is 0 Å². The van der Waals surface area contributed by atoms with Crippen LogP contribution in [-0.2, 0) is 11.3 Å². The number of hydrogen-bond donors (Lipinski definition) is 1. The highest BCUT2D eigenvalue weighted by Gasteiger charge is 2.17. The van der Waals surface area contributed by atoms with E-state index in [4.69, 9.17) is 4.74 Å². The van der Waals surface area contributed by atoms with E-state index in [0.717, 1.165) is 31.0 Å². The molecule has 0 bridgehead atoms. The largest absolute Gasteiger partial charge is 0.377 e. The zero-order valence-electron chi connectivity index (χ0n) is 10.7. The quantitative estimate of drug-likeness (QED) is 0.897. The van der Waals surface area contributed by atoms with Gasteiger partial charge in [0.1, 0.15) is 5.65 Å². The maximum Gasteiger partial charge on any atom is 0.137 e. The molecular formula is C14H19N3O. The van der Waals surface area contributed by atoms with E-state index in [-0.39, 0.29) is 0 Å². The van der Waals surface area contributed by atoms with E-state index < -0.39 is 0 Å². The molecule has 3 heterocycles. The Morgan fingerprint density at radius 1 is 1.44 bits per heavy atom. The van der Waals surface area contributed by atoms with E-state index in [9.17, 15) is 0 Å². The molecule has 3 rings (SSSR count). The number of aromatic amines is 1. The lowest BCUT2D eigenvalue weighted by Gasteiger charge is -2.19. The number of likely N-dealkylation sites (N-methyl/N-ethyl adjacent to an activating group) is 1. The number of nitrogens with zero attached hydrogens (tertiary/aromatic N) is 2. The minimum absolute atomic E-state index is 0.407. The van der Waals surface area contributed by atoms with Crippen LogP contribution in [0, 0.1) is 0 Å². The number of hydrogen-bond acceptors (Lipinski definition) is 3. The van der Waals surface area contributed by atoms with Crippen LogP contribution < -0.4 is 0 Å². The Labute approximate surface area is 107 Å². The Kier molecular flexibility index (Phi) is 3.30. The minimum atomic E-state index is 0.407. The molecule has 0 spiro atoms. The third kappa shape index (κ3) is 2.54. The van der Waals surface area contributed by atoms with Crippen LogP contribution in [0.4, 0.5) is 0 Å². The number of pyridine rings is 1. The first-order chi connectivity index (χ1) is 8.81. The lowest BCUT2D eigenvalue weighted by atomic mass is 10.2. The SMILES string of the molecule is CN(Cc1ccc2cc[nH]c2n1)C[C@H]1CCCO1. The number of ether oxygens (including phenoxy) is 1. The lowest BCUT2D eigenvalue weighted by Crippen LogP contribution is -2.28. The summed E-state index contributed by atoms with van der Waals surface area (Å²) < 4.78 is 5.65. The smallest absolute Gasteiger partial charge is 0.137 e. The lowest BCUT2D eigenvalue weighted by molar-refractivity contribution is 0.0790. The molecule has 0 amide bonds. The van der Waals surface area contributed by atoms with Gasteiger partial charge < -0.3 is 9.72 Å². The van der Waals surface area contributed by atoms with E-state index in [1.54, 1.807) is 0 Å². The van der Waals surface area contributed by atoms with Crippen LogP contribution in [0.1, 0.15) is 18.5 Å². The van der Waals surface area contributed by atoms with Gasteiger partial charge in [0.2, 0.25) is 0 Å². The van der Waals surface area contributed by atoms with Crippen molar-refractivity contribution >= 4 is 11.0 Å². The van der Waals surface area contributed by atoms with Crippen molar-refractivity contribution in [3.63, 3.8) is 0 Å². The standard InChI is InChI=1S/C14H19N3O/c1-17(10-13-3-2-8-18-13)9-12-5-4-11-6-7-15-14(11)16-12/h4-7,13H,2-3,8-10H2,1H3,(H,15,16)/t13-/m1/s1. The summed E-state index contributed by atoms with van der Waals surface area (Å²) in [4.78, 5) is 10.0. The maximum absolute atomic E-state index is 5.65. The first-order valence-electron chi connectivity index (χ1n) is 6.54. The molecule has 0 unspecified atom stereocenters. The Morgan fingerprint density at radius 2 is 2.39 bits per heavy atom. The summed E-state index contributed by atoms with van der Waals surface area (Å²) in [5.74, 6) is 0. The van der Waals surface area contributed by atoms with Crippen molar-refractivity contribution in [1.82, 2.24) is 14.9 Å². The molecule has 1 aliphatic rings. The van der Waals surface area contributed by atoms with Crippen LogP contribution in [0.3, 0.4) is 0 Å². The Balaban J connectivity index is 1.63. The fourth-order valence-electron chi connectivity index (χ4n) is 2.54. The van der Waals surface area contributed by atoms with E-state index in [0.29, 0.717) is 6.10 Å². The highest BCUT2D eigenvalue weighted by atomic mass is 16.5. The molecule has 1 saturated heterocycles. The van der Waals surface area contributed by atoms with E-state index >= 15 is 0 Å². The van der Waals surface area contributed by atoms with Gasteiger partial charge in [-0.05, 0) is 38.1 Å². The molecular weight excluding hydrogens is 226 g/mol. The molecule has 1 aliphatic heterocycles. The summed E-state index contributed by atoms with van der Waals surface area (Å²) in [5.41, 5.74) is 2.07. The number of fused-ring (bicyclic) bond motifs is 1. The van der Waals surface area contributed by atoms with Gasteiger partial charge >= 0.3 is 0 Å². The van der Waals surface area contributed by atoms with Crippen LogP contribution in [0.2, 0.25) is 0 Å². The Bertz CT molecular complexity index is 516. The average Bonchev–Trinajstić information content (AvgIpc) is 2.98. The van der Waals surface area contributed by atoms with Gasteiger partial charge in [0.15, 0.2) is 0 Å². The second kappa shape index (κ2) is 5.08. The molecule has 4 heteroatoms. The molecule has 0 radical (unpaired) electrons. The van der Waals surface area contributed by atoms with Gasteiger partial charge in [-0.3, -0.25) is 4.90 Å². The molecule has 1 atom stereocenters. The van der Waals surface area contributed by atoms with Crippen LogP contribution in [0.15, 0.2) is 24.4 Å². The van der Waals surface area contributed by atoms with E-state index in [1.807, 2.05) is 12.3 Å². The number of H-pyrrole nitrogens is 1. The van der Waals surface area contributed by atoms with Gasteiger partial charge in [-0.1, -0.05) is 0 Å². The van der Waals surface area contributed by atoms with Crippen LogP contribution in [0.5, 0.6) is 0 Å². The van der Waals surface area contributed by atoms with Crippen LogP contribution in [-0.4, -0.2) is 41.2 Å². The summed E-state index contributed by atoms with van der Waals surface area (Å²) in [6.45, 7) is 2.78. The second-order valence-corrected chi connectivity index (χ2v) is 5.05. The molecule has 2 aromatic heterocycles. The monoisotopic (exact) mass is 245 g/mol. The van der Waals surface area contributed by atoms with Crippen molar-refractivity contribution in [2.24, 2.45) is 0 Å². The predicted octanol–water partition coefficient (Wildman–Crippen LogP) is 2.17. The molecule has 4 nitrogen and oxygen atoms in total. The van der Waals surface area contributed by atoms with Crippen molar-refractivity contribution in [2.45, 2.75) is 25.5 Å². The first kappa shape index (κ1) is 11.7. The zero-order valence-corrected chi connectivity index (χ0v) is 10.7. The van der Waals surface area contributed by atoms with Crippen molar-refractivity contribution in [1.29, 1.82) is 0 Å².